The van der Waals surface area contributed by atoms with E-state index in [1.54, 1.807) is 23.5 Å². The molecule has 4 rings (SSSR count). The predicted molar refractivity (Wildman–Crippen MR) is 96.8 cm³/mol. The summed E-state index contributed by atoms with van der Waals surface area (Å²) in [5, 5.41) is 17.7. The minimum Gasteiger partial charge on any atom is -0.333 e. The van der Waals surface area contributed by atoms with Gasteiger partial charge in [0.2, 0.25) is 5.13 Å². The zero-order valence-corrected chi connectivity index (χ0v) is 15.0. The molecule has 0 spiro atoms. The van der Waals surface area contributed by atoms with E-state index in [0.717, 1.165) is 9.22 Å². The zero-order chi connectivity index (χ0) is 17.1. The predicted octanol–water partition coefficient (Wildman–Crippen LogP) is 4.82. The second-order valence-electron chi connectivity index (χ2n) is 4.79. The van der Waals surface area contributed by atoms with Crippen molar-refractivity contribution in [2.24, 2.45) is 0 Å². The van der Waals surface area contributed by atoms with Crippen molar-refractivity contribution in [2.75, 3.05) is 5.32 Å². The van der Waals surface area contributed by atoms with E-state index in [1.807, 2.05) is 17.5 Å². The fourth-order valence-corrected chi connectivity index (χ4v) is 4.21. The van der Waals surface area contributed by atoms with E-state index in [4.69, 9.17) is 4.52 Å². The van der Waals surface area contributed by atoms with Crippen LogP contribution in [0.4, 0.5) is 15.2 Å². The van der Waals surface area contributed by atoms with Crippen LogP contribution in [-0.2, 0) is 5.75 Å². The third-order valence-electron chi connectivity index (χ3n) is 3.01. The molecule has 0 fully saturated rings. The van der Waals surface area contributed by atoms with Gasteiger partial charge in [-0.05, 0) is 29.6 Å². The minimum absolute atomic E-state index is 0.303. The van der Waals surface area contributed by atoms with Crippen molar-refractivity contribution in [3.63, 3.8) is 0 Å². The number of benzene rings is 1. The third-order valence-corrected chi connectivity index (χ3v) is 5.83. The zero-order valence-electron chi connectivity index (χ0n) is 12.5. The summed E-state index contributed by atoms with van der Waals surface area (Å²) in [6.07, 6.45) is 0. The van der Waals surface area contributed by atoms with Crippen molar-refractivity contribution in [1.82, 2.24) is 20.3 Å². The van der Waals surface area contributed by atoms with Crippen molar-refractivity contribution < 1.29 is 8.91 Å². The van der Waals surface area contributed by atoms with Gasteiger partial charge in [0.1, 0.15) is 5.82 Å². The Kier molecular flexibility index (Phi) is 4.72. The summed E-state index contributed by atoms with van der Waals surface area (Å²) >= 11 is 4.40. The molecule has 0 bridgehead atoms. The van der Waals surface area contributed by atoms with Gasteiger partial charge in [0.25, 0.3) is 5.89 Å². The van der Waals surface area contributed by atoms with Gasteiger partial charge in [0, 0.05) is 5.69 Å². The quantitative estimate of drug-likeness (QED) is 0.472. The van der Waals surface area contributed by atoms with Crippen LogP contribution in [0.5, 0.6) is 0 Å². The molecule has 0 aliphatic carbocycles. The lowest BCUT2D eigenvalue weighted by atomic mass is 10.3. The van der Waals surface area contributed by atoms with Gasteiger partial charge in [-0.25, -0.2) is 4.39 Å². The fourth-order valence-electron chi connectivity index (χ4n) is 1.95. The molecule has 0 aliphatic heterocycles. The summed E-state index contributed by atoms with van der Waals surface area (Å²) in [6.45, 7) is 0. The minimum atomic E-state index is -0.303. The van der Waals surface area contributed by atoms with Crippen LogP contribution in [0.15, 0.2) is 50.6 Å². The van der Waals surface area contributed by atoms with Gasteiger partial charge >= 0.3 is 0 Å². The highest BCUT2D eigenvalue weighted by atomic mass is 32.2. The monoisotopic (exact) mass is 391 g/mol. The smallest absolute Gasteiger partial charge is 0.268 e. The Labute approximate surface area is 154 Å². The first-order valence-corrected chi connectivity index (χ1v) is 9.80. The highest BCUT2D eigenvalue weighted by molar-refractivity contribution is 8.00. The van der Waals surface area contributed by atoms with Crippen LogP contribution in [0, 0.1) is 5.82 Å². The first-order valence-electron chi connectivity index (χ1n) is 7.11. The molecule has 10 heteroatoms. The van der Waals surface area contributed by atoms with Crippen molar-refractivity contribution in [3.05, 3.63) is 53.4 Å². The maximum atomic E-state index is 13.2. The number of hydrogen-bond donors (Lipinski definition) is 1. The molecule has 0 saturated heterocycles. The third kappa shape index (κ3) is 4.03. The van der Waals surface area contributed by atoms with Crippen molar-refractivity contribution in [3.8, 4) is 10.8 Å². The highest BCUT2D eigenvalue weighted by Crippen LogP contribution is 2.30. The Bertz CT molecular complexity index is 969. The maximum Gasteiger partial charge on any atom is 0.268 e. The van der Waals surface area contributed by atoms with Crippen molar-refractivity contribution >= 4 is 45.3 Å². The second-order valence-corrected chi connectivity index (χ2v) is 7.94. The van der Waals surface area contributed by atoms with Crippen molar-refractivity contribution in [2.45, 2.75) is 10.1 Å². The van der Waals surface area contributed by atoms with Gasteiger partial charge in [-0.1, -0.05) is 40.4 Å². The van der Waals surface area contributed by atoms with Crippen LogP contribution >= 0.6 is 34.4 Å². The molecular weight excluding hydrogens is 381 g/mol. The van der Waals surface area contributed by atoms with E-state index >= 15 is 0 Å². The second kappa shape index (κ2) is 7.30. The lowest BCUT2D eigenvalue weighted by Crippen LogP contribution is -1.89. The van der Waals surface area contributed by atoms with Crippen LogP contribution in [0.25, 0.3) is 10.8 Å². The average Bonchev–Trinajstić information content (AvgIpc) is 3.34. The van der Waals surface area contributed by atoms with Gasteiger partial charge in [-0.3, -0.25) is 0 Å². The average molecular weight is 391 g/mol. The molecule has 6 nitrogen and oxygen atoms in total. The molecule has 3 heterocycles. The molecule has 0 atom stereocenters. The summed E-state index contributed by atoms with van der Waals surface area (Å²) < 4.78 is 19.2. The number of thiophene rings is 1. The summed E-state index contributed by atoms with van der Waals surface area (Å²) in [5.41, 5.74) is 0.631. The van der Waals surface area contributed by atoms with E-state index in [2.05, 4.69) is 25.7 Å². The normalized spacial score (nSPS) is 10.9. The molecule has 0 radical (unpaired) electrons. The number of hydrogen-bond acceptors (Lipinski definition) is 9. The molecule has 0 amide bonds. The van der Waals surface area contributed by atoms with Gasteiger partial charge in [-0.2, -0.15) is 4.98 Å². The summed E-state index contributed by atoms with van der Waals surface area (Å²) in [6, 6.07) is 10.1. The molecule has 25 heavy (non-hydrogen) atoms. The number of rotatable bonds is 6. The van der Waals surface area contributed by atoms with E-state index in [1.165, 1.54) is 35.2 Å². The summed E-state index contributed by atoms with van der Waals surface area (Å²) in [4.78, 5) is 5.31. The topological polar surface area (TPSA) is 76.7 Å². The van der Waals surface area contributed by atoms with E-state index in [-0.39, 0.29) is 5.82 Å². The lowest BCUT2D eigenvalue weighted by Gasteiger charge is -2.00. The Morgan fingerprint density at radius 1 is 1.20 bits per heavy atom. The number of nitrogens with one attached hydrogen (secondary N) is 1. The Morgan fingerprint density at radius 3 is 3.00 bits per heavy atom. The molecule has 1 N–H and O–H groups in total. The lowest BCUT2D eigenvalue weighted by molar-refractivity contribution is 0.426. The number of halogens is 1. The standard InChI is InChI=1S/C15H10FN5OS3/c16-9-3-1-4-10(7-9)17-14-19-20-15(25-14)24-8-12-18-13(22-21-12)11-5-2-6-23-11/h1-7H,8H2,(H,17,19). The maximum absolute atomic E-state index is 13.2. The molecule has 0 unspecified atom stereocenters. The van der Waals surface area contributed by atoms with Crippen molar-refractivity contribution in [1.29, 1.82) is 0 Å². The first-order chi connectivity index (χ1) is 12.3. The SMILES string of the molecule is Fc1cccc(Nc2nnc(SCc3noc(-c4cccs4)n3)s2)c1. The van der Waals surface area contributed by atoms with E-state index < -0.39 is 0 Å². The fraction of sp³-hybridized carbons (Fsp3) is 0.0667. The Morgan fingerprint density at radius 2 is 2.16 bits per heavy atom. The first kappa shape index (κ1) is 16.2. The number of anilines is 2. The van der Waals surface area contributed by atoms with Crippen LogP contribution in [-0.4, -0.2) is 20.3 Å². The molecule has 1 aromatic carbocycles. The summed E-state index contributed by atoms with van der Waals surface area (Å²) in [7, 11) is 0. The van der Waals surface area contributed by atoms with Crippen LogP contribution in [0.1, 0.15) is 5.82 Å². The van der Waals surface area contributed by atoms with E-state index in [9.17, 15) is 4.39 Å². The van der Waals surface area contributed by atoms with Crippen LogP contribution in [0.3, 0.4) is 0 Å². The molecule has 0 aliphatic rings. The van der Waals surface area contributed by atoms with Gasteiger partial charge in [0.05, 0.1) is 10.6 Å². The molecule has 4 aromatic rings. The Hall–Kier alpha value is -2.30. The number of nitrogens with zero attached hydrogens (tertiary/aromatic N) is 4. The highest BCUT2D eigenvalue weighted by Gasteiger charge is 2.12. The van der Waals surface area contributed by atoms with Gasteiger partial charge in [0.15, 0.2) is 10.2 Å². The largest absolute Gasteiger partial charge is 0.333 e. The van der Waals surface area contributed by atoms with Crippen LogP contribution in [0.2, 0.25) is 0 Å². The number of thioether (sulfide) groups is 1. The molecule has 126 valence electrons. The molecular formula is C15H10FN5OS3. The van der Waals surface area contributed by atoms with Crippen LogP contribution < -0.4 is 5.32 Å². The van der Waals surface area contributed by atoms with Gasteiger partial charge in [-0.15, -0.1) is 21.5 Å². The molecule has 0 saturated carbocycles. The summed E-state index contributed by atoms with van der Waals surface area (Å²) in [5.74, 6) is 1.35. The Balaban J connectivity index is 1.37. The number of aromatic nitrogens is 4. The molecule has 3 aromatic heterocycles. The van der Waals surface area contributed by atoms with E-state index in [0.29, 0.717) is 28.3 Å². The van der Waals surface area contributed by atoms with Gasteiger partial charge < -0.3 is 9.84 Å².